The van der Waals surface area contributed by atoms with Crippen LogP contribution in [0.15, 0.2) is 40.3 Å². The maximum atomic E-state index is 11.9. The number of benzene rings is 1. The number of nitrogens with zero attached hydrogens (tertiary/aromatic N) is 1. The van der Waals surface area contributed by atoms with E-state index < -0.39 is 0 Å². The maximum Gasteiger partial charge on any atom is 0.230 e. The number of para-hydroxylation sites is 1. The summed E-state index contributed by atoms with van der Waals surface area (Å²) in [5.41, 5.74) is 2.52. The van der Waals surface area contributed by atoms with Crippen LogP contribution in [0, 0.1) is 0 Å². The number of amides is 1. The number of aromatic nitrogens is 1. The van der Waals surface area contributed by atoms with Crippen molar-refractivity contribution in [3.05, 3.63) is 35.9 Å². The van der Waals surface area contributed by atoms with E-state index >= 15 is 0 Å². The number of nitrogens with one attached hydrogen (secondary N) is 1. The molecule has 0 saturated heterocycles. The van der Waals surface area contributed by atoms with Gasteiger partial charge in [0.25, 0.3) is 0 Å². The van der Waals surface area contributed by atoms with Crippen LogP contribution in [0.5, 0.6) is 0 Å². The highest BCUT2D eigenvalue weighted by Crippen LogP contribution is 2.29. The Kier molecular flexibility index (Phi) is 5.51. The third-order valence-electron chi connectivity index (χ3n) is 3.75. The van der Waals surface area contributed by atoms with E-state index in [2.05, 4.69) is 22.4 Å². The Balaban J connectivity index is 1.41. The van der Waals surface area contributed by atoms with Crippen molar-refractivity contribution in [1.82, 2.24) is 10.3 Å². The van der Waals surface area contributed by atoms with Crippen molar-refractivity contribution in [3.8, 4) is 0 Å². The Morgan fingerprint density at radius 2 is 2.23 bits per heavy atom. The number of carbonyl (C=O) groups excluding carboxylic acids is 1. The van der Waals surface area contributed by atoms with Gasteiger partial charge in [0.05, 0.1) is 16.0 Å². The number of carbonyl (C=O) groups is 1. The summed E-state index contributed by atoms with van der Waals surface area (Å²) in [6.45, 7) is 0.755. The Morgan fingerprint density at radius 1 is 1.32 bits per heavy atom. The highest BCUT2D eigenvalue weighted by molar-refractivity contribution is 8.01. The summed E-state index contributed by atoms with van der Waals surface area (Å²) in [7, 11) is 0. The molecule has 0 aliphatic heterocycles. The van der Waals surface area contributed by atoms with Gasteiger partial charge in [0.15, 0.2) is 4.34 Å². The SMILES string of the molecule is O=C(CSc1nc2ccccc2s1)NCCC1=CCCCC1. The van der Waals surface area contributed by atoms with Gasteiger partial charge in [-0.3, -0.25) is 4.79 Å². The van der Waals surface area contributed by atoms with Gasteiger partial charge in [-0.25, -0.2) is 4.98 Å². The van der Waals surface area contributed by atoms with E-state index in [0.29, 0.717) is 5.75 Å². The molecule has 0 saturated carbocycles. The molecule has 22 heavy (non-hydrogen) atoms. The zero-order chi connectivity index (χ0) is 15.2. The zero-order valence-electron chi connectivity index (χ0n) is 12.5. The third kappa shape index (κ3) is 4.34. The van der Waals surface area contributed by atoms with Crippen molar-refractivity contribution < 1.29 is 4.79 Å². The van der Waals surface area contributed by atoms with E-state index in [-0.39, 0.29) is 5.91 Å². The Labute approximate surface area is 139 Å². The summed E-state index contributed by atoms with van der Waals surface area (Å²) >= 11 is 3.17. The molecule has 0 radical (unpaired) electrons. The molecule has 0 unspecified atom stereocenters. The van der Waals surface area contributed by atoms with Gasteiger partial charge in [-0.2, -0.15) is 0 Å². The highest BCUT2D eigenvalue weighted by Gasteiger charge is 2.08. The lowest BCUT2D eigenvalue weighted by Gasteiger charge is -2.12. The van der Waals surface area contributed by atoms with Crippen LogP contribution < -0.4 is 5.32 Å². The minimum absolute atomic E-state index is 0.0978. The molecule has 2 aromatic rings. The van der Waals surface area contributed by atoms with E-state index in [0.717, 1.165) is 22.8 Å². The topological polar surface area (TPSA) is 42.0 Å². The van der Waals surface area contributed by atoms with E-state index in [1.165, 1.54) is 47.7 Å². The number of thioether (sulfide) groups is 1. The minimum Gasteiger partial charge on any atom is -0.355 e. The molecule has 1 amide bonds. The van der Waals surface area contributed by atoms with Crippen molar-refractivity contribution in [2.75, 3.05) is 12.3 Å². The summed E-state index contributed by atoms with van der Waals surface area (Å²) in [6, 6.07) is 8.08. The third-order valence-corrected chi connectivity index (χ3v) is 5.93. The summed E-state index contributed by atoms with van der Waals surface area (Å²) in [4.78, 5) is 16.4. The number of thiazole rings is 1. The molecule has 3 nitrogen and oxygen atoms in total. The van der Waals surface area contributed by atoms with Gasteiger partial charge in [-0.05, 0) is 44.2 Å². The number of rotatable bonds is 6. The second-order valence-corrected chi connectivity index (χ2v) is 7.70. The van der Waals surface area contributed by atoms with Crippen molar-refractivity contribution in [3.63, 3.8) is 0 Å². The second kappa shape index (κ2) is 7.79. The number of allylic oxidation sites excluding steroid dienone is 1. The fourth-order valence-corrected chi connectivity index (χ4v) is 4.48. The summed E-state index contributed by atoms with van der Waals surface area (Å²) in [6.07, 6.45) is 8.36. The summed E-state index contributed by atoms with van der Waals surface area (Å²) in [5.74, 6) is 0.541. The van der Waals surface area contributed by atoms with Crippen molar-refractivity contribution >= 4 is 39.2 Å². The highest BCUT2D eigenvalue weighted by atomic mass is 32.2. The van der Waals surface area contributed by atoms with E-state index in [4.69, 9.17) is 0 Å². The second-order valence-electron chi connectivity index (χ2n) is 5.44. The molecule has 1 aliphatic carbocycles. The average molecular weight is 332 g/mol. The molecule has 0 bridgehead atoms. The molecular formula is C17H20N2OS2. The average Bonchev–Trinajstić information content (AvgIpc) is 2.97. The van der Waals surface area contributed by atoms with Gasteiger partial charge < -0.3 is 5.32 Å². The van der Waals surface area contributed by atoms with Gasteiger partial charge in [-0.1, -0.05) is 35.5 Å². The molecule has 1 aliphatic rings. The van der Waals surface area contributed by atoms with Crippen LogP contribution in [0.1, 0.15) is 32.1 Å². The molecule has 1 N–H and O–H groups in total. The lowest BCUT2D eigenvalue weighted by Crippen LogP contribution is -2.26. The first kappa shape index (κ1) is 15.6. The van der Waals surface area contributed by atoms with Crippen LogP contribution in [0.2, 0.25) is 0 Å². The fraction of sp³-hybridized carbons (Fsp3) is 0.412. The van der Waals surface area contributed by atoms with Crippen molar-refractivity contribution in [2.45, 2.75) is 36.4 Å². The molecule has 5 heteroatoms. The van der Waals surface area contributed by atoms with Gasteiger partial charge in [0, 0.05) is 6.54 Å². The van der Waals surface area contributed by atoms with Crippen LogP contribution in [-0.4, -0.2) is 23.2 Å². The van der Waals surface area contributed by atoms with Crippen molar-refractivity contribution in [1.29, 1.82) is 0 Å². The van der Waals surface area contributed by atoms with Gasteiger partial charge >= 0.3 is 0 Å². The molecule has 1 aromatic carbocycles. The number of fused-ring (bicyclic) bond motifs is 1. The summed E-state index contributed by atoms with van der Waals surface area (Å²) < 4.78 is 2.14. The summed E-state index contributed by atoms with van der Waals surface area (Å²) in [5, 5.41) is 3.01. The molecular weight excluding hydrogens is 312 g/mol. The molecule has 3 rings (SSSR count). The van der Waals surface area contributed by atoms with Gasteiger partial charge in [0.1, 0.15) is 0 Å². The zero-order valence-corrected chi connectivity index (χ0v) is 14.1. The Hall–Kier alpha value is -1.33. The largest absolute Gasteiger partial charge is 0.355 e. The molecule has 116 valence electrons. The van der Waals surface area contributed by atoms with Gasteiger partial charge in [-0.15, -0.1) is 11.3 Å². The van der Waals surface area contributed by atoms with Crippen molar-refractivity contribution in [2.24, 2.45) is 0 Å². The lowest BCUT2D eigenvalue weighted by atomic mass is 9.97. The van der Waals surface area contributed by atoms with Crippen LogP contribution in [0.25, 0.3) is 10.2 Å². The lowest BCUT2D eigenvalue weighted by molar-refractivity contribution is -0.118. The standard InChI is InChI=1S/C17H20N2OS2/c20-16(18-11-10-13-6-2-1-3-7-13)12-21-17-19-14-8-4-5-9-15(14)22-17/h4-6,8-9H,1-3,7,10-12H2,(H,18,20). The van der Waals surface area contributed by atoms with E-state index in [9.17, 15) is 4.79 Å². The molecule has 1 heterocycles. The van der Waals surface area contributed by atoms with Crippen LogP contribution >= 0.6 is 23.1 Å². The first-order valence-electron chi connectivity index (χ1n) is 7.74. The van der Waals surface area contributed by atoms with Gasteiger partial charge in [0.2, 0.25) is 5.91 Å². The quantitative estimate of drug-likeness (QED) is 0.630. The maximum absolute atomic E-state index is 11.9. The van der Waals surface area contributed by atoms with E-state index in [1.807, 2.05) is 18.2 Å². The predicted octanol–water partition coefficient (Wildman–Crippen LogP) is 4.40. The predicted molar refractivity (Wildman–Crippen MR) is 94.5 cm³/mol. The molecule has 1 aromatic heterocycles. The molecule has 0 spiro atoms. The molecule has 0 fully saturated rings. The number of hydrogen-bond donors (Lipinski definition) is 1. The molecule has 0 atom stereocenters. The minimum atomic E-state index is 0.0978. The van der Waals surface area contributed by atoms with Crippen LogP contribution in [0.3, 0.4) is 0 Å². The monoisotopic (exact) mass is 332 g/mol. The Bertz CT molecular complexity index is 645. The van der Waals surface area contributed by atoms with Crippen LogP contribution in [-0.2, 0) is 4.79 Å². The smallest absolute Gasteiger partial charge is 0.230 e. The Morgan fingerprint density at radius 3 is 3.05 bits per heavy atom. The fourth-order valence-electron chi connectivity index (χ4n) is 2.59. The first-order valence-corrected chi connectivity index (χ1v) is 9.54. The first-order chi connectivity index (χ1) is 10.8. The normalized spacial score (nSPS) is 14.8. The number of hydrogen-bond acceptors (Lipinski definition) is 4. The van der Waals surface area contributed by atoms with Crippen LogP contribution in [0.4, 0.5) is 0 Å². The van der Waals surface area contributed by atoms with E-state index in [1.54, 1.807) is 11.3 Å².